The molecule has 0 unspecified atom stereocenters. The van der Waals surface area contributed by atoms with Gasteiger partial charge in [0, 0.05) is 50.9 Å². The van der Waals surface area contributed by atoms with Gasteiger partial charge in [-0.05, 0) is 44.8 Å². The van der Waals surface area contributed by atoms with Crippen LogP contribution in [0.5, 0.6) is 0 Å². The third kappa shape index (κ3) is 4.02. The molecule has 24 heavy (non-hydrogen) atoms. The molecular formula is C19H31N3O2. The molecule has 0 aliphatic carbocycles. The molecule has 0 bridgehead atoms. The molecule has 3 fully saturated rings. The van der Waals surface area contributed by atoms with Crippen LogP contribution < -0.4 is 0 Å². The summed E-state index contributed by atoms with van der Waals surface area (Å²) < 4.78 is 11.4. The summed E-state index contributed by atoms with van der Waals surface area (Å²) in [6, 6.07) is 2.69. The van der Waals surface area contributed by atoms with Crippen molar-refractivity contribution in [3.63, 3.8) is 0 Å². The first-order valence-corrected chi connectivity index (χ1v) is 9.70. The van der Waals surface area contributed by atoms with Gasteiger partial charge >= 0.3 is 0 Å². The van der Waals surface area contributed by atoms with Gasteiger partial charge in [0.2, 0.25) is 0 Å². The standard InChI is InChI=1S/C19H31N3O2/c1-2-7-20(6-1)10-11-22-12-14-24-19-4-9-21(8-3-18(19)22)15-17-5-13-23-16-17/h5,13,16,18-19H,1-4,6-12,14-15H2/t18-,19+/m0/s1. The number of likely N-dealkylation sites (tertiary alicyclic amines) is 2. The van der Waals surface area contributed by atoms with Crippen LogP contribution >= 0.6 is 0 Å². The van der Waals surface area contributed by atoms with Crippen LogP contribution in [-0.2, 0) is 11.3 Å². The fraction of sp³-hybridized carbons (Fsp3) is 0.789. The van der Waals surface area contributed by atoms with Crippen molar-refractivity contribution in [3.05, 3.63) is 24.2 Å². The van der Waals surface area contributed by atoms with Crippen molar-refractivity contribution in [1.82, 2.24) is 14.7 Å². The molecule has 0 saturated carbocycles. The molecule has 5 heteroatoms. The van der Waals surface area contributed by atoms with Gasteiger partial charge in [-0.3, -0.25) is 9.80 Å². The van der Waals surface area contributed by atoms with Crippen molar-refractivity contribution in [1.29, 1.82) is 0 Å². The van der Waals surface area contributed by atoms with Crippen molar-refractivity contribution in [2.24, 2.45) is 0 Å². The van der Waals surface area contributed by atoms with Crippen molar-refractivity contribution in [2.45, 2.75) is 44.4 Å². The Balaban J connectivity index is 1.31. The third-order valence-electron chi connectivity index (χ3n) is 5.97. The van der Waals surface area contributed by atoms with Crippen LogP contribution in [0.15, 0.2) is 23.0 Å². The zero-order valence-electron chi connectivity index (χ0n) is 14.7. The van der Waals surface area contributed by atoms with E-state index in [1.165, 1.54) is 51.0 Å². The van der Waals surface area contributed by atoms with Gasteiger partial charge in [0.25, 0.3) is 0 Å². The molecule has 0 N–H and O–H groups in total. The van der Waals surface area contributed by atoms with Crippen LogP contribution in [0.1, 0.15) is 31.2 Å². The predicted octanol–water partition coefficient (Wildman–Crippen LogP) is 2.04. The monoisotopic (exact) mass is 333 g/mol. The Morgan fingerprint density at radius 1 is 0.958 bits per heavy atom. The largest absolute Gasteiger partial charge is 0.472 e. The van der Waals surface area contributed by atoms with Crippen LogP contribution in [0.2, 0.25) is 0 Å². The number of rotatable bonds is 5. The highest BCUT2D eigenvalue weighted by molar-refractivity contribution is 5.05. The van der Waals surface area contributed by atoms with Crippen LogP contribution in [0.25, 0.3) is 0 Å². The lowest BCUT2D eigenvalue weighted by atomic mass is 10.0. The molecule has 0 amide bonds. The van der Waals surface area contributed by atoms with Crippen LogP contribution in [0.3, 0.4) is 0 Å². The van der Waals surface area contributed by atoms with E-state index in [4.69, 9.17) is 9.15 Å². The lowest BCUT2D eigenvalue weighted by molar-refractivity contribution is -0.0728. The van der Waals surface area contributed by atoms with E-state index in [1.807, 2.05) is 6.26 Å². The number of ether oxygens (including phenoxy) is 1. The van der Waals surface area contributed by atoms with E-state index in [9.17, 15) is 0 Å². The molecule has 1 aromatic rings. The number of nitrogens with zero attached hydrogens (tertiary/aromatic N) is 3. The van der Waals surface area contributed by atoms with E-state index in [-0.39, 0.29) is 0 Å². The maximum Gasteiger partial charge on any atom is 0.0947 e. The molecule has 4 heterocycles. The minimum Gasteiger partial charge on any atom is -0.472 e. The number of furan rings is 1. The van der Waals surface area contributed by atoms with E-state index < -0.39 is 0 Å². The average molecular weight is 333 g/mol. The molecule has 0 aromatic carbocycles. The highest BCUT2D eigenvalue weighted by Gasteiger charge is 2.34. The summed E-state index contributed by atoms with van der Waals surface area (Å²) in [5.41, 5.74) is 1.28. The fourth-order valence-corrected chi connectivity index (χ4v) is 4.57. The molecule has 3 aliphatic rings. The molecule has 0 spiro atoms. The molecule has 4 rings (SSSR count). The van der Waals surface area contributed by atoms with E-state index in [1.54, 1.807) is 6.26 Å². The Bertz CT molecular complexity index is 487. The minimum absolute atomic E-state index is 0.423. The molecule has 134 valence electrons. The Labute approximate surface area is 145 Å². The summed E-state index contributed by atoms with van der Waals surface area (Å²) in [4.78, 5) is 7.91. The average Bonchev–Trinajstić information content (AvgIpc) is 3.26. The summed E-state index contributed by atoms with van der Waals surface area (Å²) in [5, 5.41) is 0. The summed E-state index contributed by atoms with van der Waals surface area (Å²) >= 11 is 0. The smallest absolute Gasteiger partial charge is 0.0947 e. The van der Waals surface area contributed by atoms with E-state index in [2.05, 4.69) is 20.8 Å². The first-order valence-electron chi connectivity index (χ1n) is 9.70. The highest BCUT2D eigenvalue weighted by Crippen LogP contribution is 2.24. The van der Waals surface area contributed by atoms with Crippen LogP contribution in [-0.4, -0.2) is 79.3 Å². The minimum atomic E-state index is 0.423. The van der Waals surface area contributed by atoms with E-state index in [0.717, 1.165) is 39.2 Å². The number of hydrogen-bond donors (Lipinski definition) is 0. The Morgan fingerprint density at radius 2 is 1.83 bits per heavy atom. The van der Waals surface area contributed by atoms with Gasteiger partial charge in [-0.2, -0.15) is 0 Å². The van der Waals surface area contributed by atoms with Gasteiger partial charge < -0.3 is 14.1 Å². The third-order valence-corrected chi connectivity index (χ3v) is 5.97. The van der Waals surface area contributed by atoms with Crippen LogP contribution in [0, 0.1) is 0 Å². The first-order chi connectivity index (χ1) is 11.9. The summed E-state index contributed by atoms with van der Waals surface area (Å²) in [5.74, 6) is 0. The van der Waals surface area contributed by atoms with Crippen LogP contribution in [0.4, 0.5) is 0 Å². The Hall–Kier alpha value is -0.880. The van der Waals surface area contributed by atoms with Gasteiger partial charge in [0.05, 0.1) is 25.2 Å². The van der Waals surface area contributed by atoms with Crippen molar-refractivity contribution >= 4 is 0 Å². The van der Waals surface area contributed by atoms with Crippen molar-refractivity contribution in [2.75, 3.05) is 52.4 Å². The van der Waals surface area contributed by atoms with Gasteiger partial charge in [-0.1, -0.05) is 0 Å². The summed E-state index contributed by atoms with van der Waals surface area (Å²) in [6.07, 6.45) is 9.22. The Morgan fingerprint density at radius 3 is 2.67 bits per heavy atom. The Kier molecular flexibility index (Phi) is 5.53. The molecular weight excluding hydrogens is 302 g/mol. The lowest BCUT2D eigenvalue weighted by Gasteiger charge is -2.41. The van der Waals surface area contributed by atoms with Gasteiger partial charge in [-0.25, -0.2) is 0 Å². The number of fused-ring (bicyclic) bond motifs is 1. The lowest BCUT2D eigenvalue weighted by Crippen LogP contribution is -2.52. The highest BCUT2D eigenvalue weighted by atomic mass is 16.5. The second kappa shape index (κ2) is 8.00. The second-order valence-corrected chi connectivity index (χ2v) is 7.55. The van der Waals surface area contributed by atoms with Gasteiger partial charge in [0.15, 0.2) is 0 Å². The van der Waals surface area contributed by atoms with Crippen molar-refractivity contribution < 1.29 is 9.15 Å². The zero-order valence-corrected chi connectivity index (χ0v) is 14.7. The number of morpholine rings is 1. The van der Waals surface area contributed by atoms with E-state index in [0.29, 0.717) is 12.1 Å². The quantitative estimate of drug-likeness (QED) is 0.823. The molecule has 0 radical (unpaired) electrons. The normalized spacial score (nSPS) is 30.3. The zero-order chi connectivity index (χ0) is 16.2. The molecule has 2 atom stereocenters. The first kappa shape index (κ1) is 16.6. The van der Waals surface area contributed by atoms with Gasteiger partial charge in [-0.15, -0.1) is 0 Å². The molecule has 3 aliphatic heterocycles. The predicted molar refractivity (Wildman–Crippen MR) is 94.0 cm³/mol. The van der Waals surface area contributed by atoms with Gasteiger partial charge in [0.1, 0.15) is 0 Å². The molecule has 1 aromatic heterocycles. The fourth-order valence-electron chi connectivity index (χ4n) is 4.57. The molecule has 5 nitrogen and oxygen atoms in total. The second-order valence-electron chi connectivity index (χ2n) is 7.55. The summed E-state index contributed by atoms with van der Waals surface area (Å²) in [7, 11) is 0. The summed E-state index contributed by atoms with van der Waals surface area (Å²) in [6.45, 7) is 10.4. The number of hydrogen-bond acceptors (Lipinski definition) is 5. The maximum atomic E-state index is 6.15. The maximum absolute atomic E-state index is 6.15. The van der Waals surface area contributed by atoms with Crippen molar-refractivity contribution in [3.8, 4) is 0 Å². The SMILES string of the molecule is c1cc(CN2CC[C@H]3OCCN(CCN4CCCC4)[C@H]3CC2)co1. The molecule has 3 saturated heterocycles. The van der Waals surface area contributed by atoms with E-state index >= 15 is 0 Å². The topological polar surface area (TPSA) is 32.1 Å².